The molecular weight excluding hydrogens is 424 g/mol. The van der Waals surface area contributed by atoms with Crippen molar-refractivity contribution in [3.8, 4) is 0 Å². The number of benzene rings is 2. The molecular formula is C20H23BrN4O3. The number of aryl methyl sites for hydroxylation is 1. The minimum Gasteiger partial charge on any atom is -0.385 e. The maximum Gasteiger partial charge on any atom is 0.329 e. The topological polar surface area (TPSA) is 91.8 Å². The van der Waals surface area contributed by atoms with E-state index in [1.165, 1.54) is 6.21 Å². The van der Waals surface area contributed by atoms with Crippen molar-refractivity contribution in [2.24, 2.45) is 5.10 Å². The third kappa shape index (κ3) is 6.79. The van der Waals surface area contributed by atoms with Gasteiger partial charge in [-0.3, -0.25) is 9.59 Å². The number of carbonyl (C=O) groups excluding carboxylic acids is 2. The first-order chi connectivity index (χ1) is 13.5. The Bertz CT molecular complexity index is 855. The predicted octanol–water partition coefficient (Wildman–Crippen LogP) is 3.10. The standard InChI is InChI=1S/C20H23BrN4O3/c1-14-6-3-4-7-17(14)24-18-9-8-16(21)12-15(18)13-23-25-20(27)19(26)22-10-5-11-28-2/h3-4,6-9,12-13,24H,5,10-11H2,1-2H3,(H,22,26)(H,25,27)/b23-13-. The first-order valence-corrected chi connectivity index (χ1v) is 9.53. The van der Waals surface area contributed by atoms with Crippen molar-refractivity contribution in [2.75, 3.05) is 25.6 Å². The van der Waals surface area contributed by atoms with Crippen LogP contribution in [0, 0.1) is 6.92 Å². The Morgan fingerprint density at radius 3 is 2.68 bits per heavy atom. The third-order valence-corrected chi connectivity index (χ3v) is 4.31. The van der Waals surface area contributed by atoms with Gasteiger partial charge in [-0.05, 0) is 43.2 Å². The lowest BCUT2D eigenvalue weighted by Crippen LogP contribution is -2.38. The van der Waals surface area contributed by atoms with E-state index in [9.17, 15) is 9.59 Å². The van der Waals surface area contributed by atoms with Crippen LogP contribution < -0.4 is 16.1 Å². The number of ether oxygens (including phenoxy) is 1. The van der Waals surface area contributed by atoms with Gasteiger partial charge in [0.25, 0.3) is 0 Å². The van der Waals surface area contributed by atoms with Crippen molar-refractivity contribution in [2.45, 2.75) is 13.3 Å². The summed E-state index contributed by atoms with van der Waals surface area (Å²) in [6.45, 7) is 2.89. The first-order valence-electron chi connectivity index (χ1n) is 8.73. The van der Waals surface area contributed by atoms with Gasteiger partial charge in [-0.25, -0.2) is 5.43 Å². The average Bonchev–Trinajstić information content (AvgIpc) is 2.68. The molecule has 2 amide bonds. The maximum atomic E-state index is 11.8. The molecule has 0 aliphatic rings. The van der Waals surface area contributed by atoms with E-state index in [1.807, 2.05) is 49.4 Å². The fourth-order valence-corrected chi connectivity index (χ4v) is 2.70. The monoisotopic (exact) mass is 446 g/mol. The zero-order valence-electron chi connectivity index (χ0n) is 15.8. The number of carbonyl (C=O) groups is 2. The summed E-state index contributed by atoms with van der Waals surface area (Å²) >= 11 is 3.43. The summed E-state index contributed by atoms with van der Waals surface area (Å²) in [6, 6.07) is 13.6. The van der Waals surface area contributed by atoms with Gasteiger partial charge in [0.1, 0.15) is 0 Å². The third-order valence-electron chi connectivity index (χ3n) is 3.81. The number of hydrogen-bond donors (Lipinski definition) is 3. The van der Waals surface area contributed by atoms with Crippen molar-refractivity contribution in [3.63, 3.8) is 0 Å². The van der Waals surface area contributed by atoms with E-state index >= 15 is 0 Å². The van der Waals surface area contributed by atoms with Crippen LogP contribution >= 0.6 is 15.9 Å². The number of amides is 2. The average molecular weight is 447 g/mol. The van der Waals surface area contributed by atoms with E-state index in [0.717, 1.165) is 27.0 Å². The van der Waals surface area contributed by atoms with E-state index in [0.29, 0.717) is 19.6 Å². The lowest BCUT2D eigenvalue weighted by Gasteiger charge is -2.12. The SMILES string of the molecule is COCCCNC(=O)C(=O)N/N=C\c1cc(Br)ccc1Nc1ccccc1C. The Kier molecular flexibility index (Phi) is 8.64. The van der Waals surface area contributed by atoms with Gasteiger partial charge in [0.2, 0.25) is 0 Å². The minimum atomic E-state index is -0.822. The molecule has 2 aromatic rings. The largest absolute Gasteiger partial charge is 0.385 e. The summed E-state index contributed by atoms with van der Waals surface area (Å²) in [6.07, 6.45) is 2.12. The normalized spacial score (nSPS) is 10.7. The zero-order chi connectivity index (χ0) is 20.4. The fraction of sp³-hybridized carbons (Fsp3) is 0.250. The van der Waals surface area contributed by atoms with Crippen molar-refractivity contribution >= 4 is 45.3 Å². The van der Waals surface area contributed by atoms with Gasteiger partial charge in [-0.15, -0.1) is 0 Å². The predicted molar refractivity (Wildman–Crippen MR) is 114 cm³/mol. The van der Waals surface area contributed by atoms with Crippen LogP contribution in [0.25, 0.3) is 0 Å². The molecule has 0 radical (unpaired) electrons. The molecule has 0 aromatic heterocycles. The van der Waals surface area contributed by atoms with E-state index in [1.54, 1.807) is 7.11 Å². The van der Waals surface area contributed by atoms with Gasteiger partial charge in [-0.1, -0.05) is 34.1 Å². The number of halogens is 1. The number of anilines is 2. The van der Waals surface area contributed by atoms with Gasteiger partial charge in [-0.2, -0.15) is 5.10 Å². The van der Waals surface area contributed by atoms with Crippen LogP contribution in [0.3, 0.4) is 0 Å². The number of hydrazone groups is 1. The Hall–Kier alpha value is -2.71. The molecule has 2 rings (SSSR count). The molecule has 0 aliphatic heterocycles. The van der Waals surface area contributed by atoms with Crippen molar-refractivity contribution in [3.05, 3.63) is 58.1 Å². The molecule has 3 N–H and O–H groups in total. The molecule has 7 nitrogen and oxygen atoms in total. The smallest absolute Gasteiger partial charge is 0.329 e. The quantitative estimate of drug-likeness (QED) is 0.251. The lowest BCUT2D eigenvalue weighted by molar-refractivity contribution is -0.139. The van der Waals surface area contributed by atoms with E-state index in [-0.39, 0.29) is 0 Å². The Morgan fingerprint density at radius 2 is 1.93 bits per heavy atom. The molecule has 0 aliphatic carbocycles. The van der Waals surface area contributed by atoms with Crippen LogP contribution in [-0.4, -0.2) is 38.3 Å². The molecule has 0 atom stereocenters. The van der Waals surface area contributed by atoms with Gasteiger partial charge in [0.15, 0.2) is 0 Å². The van der Waals surface area contributed by atoms with E-state index < -0.39 is 11.8 Å². The highest BCUT2D eigenvalue weighted by molar-refractivity contribution is 9.10. The highest BCUT2D eigenvalue weighted by Crippen LogP contribution is 2.25. The molecule has 0 fully saturated rings. The Balaban J connectivity index is 2.01. The molecule has 8 heteroatoms. The molecule has 148 valence electrons. The number of rotatable bonds is 8. The molecule has 0 unspecified atom stereocenters. The zero-order valence-corrected chi connectivity index (χ0v) is 17.4. The van der Waals surface area contributed by atoms with E-state index in [4.69, 9.17) is 4.74 Å². The number of hydrogen-bond acceptors (Lipinski definition) is 5. The van der Waals surface area contributed by atoms with Crippen molar-refractivity contribution in [1.82, 2.24) is 10.7 Å². The van der Waals surface area contributed by atoms with Gasteiger partial charge >= 0.3 is 11.8 Å². The molecule has 2 aromatic carbocycles. The summed E-state index contributed by atoms with van der Waals surface area (Å²) in [5.41, 5.74) is 5.88. The second-order valence-electron chi connectivity index (χ2n) is 5.97. The molecule has 0 saturated heterocycles. The lowest BCUT2D eigenvalue weighted by atomic mass is 10.1. The van der Waals surface area contributed by atoms with Crippen LogP contribution in [-0.2, 0) is 14.3 Å². The van der Waals surface area contributed by atoms with Gasteiger partial charge < -0.3 is 15.4 Å². The minimum absolute atomic E-state index is 0.361. The number of para-hydroxylation sites is 1. The van der Waals surface area contributed by atoms with Crippen molar-refractivity contribution in [1.29, 1.82) is 0 Å². The maximum absolute atomic E-state index is 11.8. The first kappa shape index (κ1) is 21.6. The second kappa shape index (κ2) is 11.2. The van der Waals surface area contributed by atoms with Gasteiger partial charge in [0.05, 0.1) is 6.21 Å². The van der Waals surface area contributed by atoms with Gasteiger partial charge in [0, 0.05) is 41.7 Å². The summed E-state index contributed by atoms with van der Waals surface area (Å²) in [5, 5.41) is 9.76. The molecule has 0 bridgehead atoms. The van der Waals surface area contributed by atoms with Crippen molar-refractivity contribution < 1.29 is 14.3 Å². The molecule has 0 spiro atoms. The Morgan fingerprint density at radius 1 is 1.14 bits per heavy atom. The molecule has 0 saturated carbocycles. The number of nitrogens with zero attached hydrogens (tertiary/aromatic N) is 1. The highest BCUT2D eigenvalue weighted by atomic mass is 79.9. The molecule has 0 heterocycles. The van der Waals surface area contributed by atoms with Crippen LogP contribution in [0.15, 0.2) is 52.0 Å². The number of nitrogens with one attached hydrogen (secondary N) is 3. The molecule has 28 heavy (non-hydrogen) atoms. The van der Waals surface area contributed by atoms with Crippen LogP contribution in [0.4, 0.5) is 11.4 Å². The van der Waals surface area contributed by atoms with E-state index in [2.05, 4.69) is 37.1 Å². The second-order valence-corrected chi connectivity index (χ2v) is 6.89. The summed E-state index contributed by atoms with van der Waals surface area (Å²) in [7, 11) is 1.58. The summed E-state index contributed by atoms with van der Waals surface area (Å²) in [5.74, 6) is -1.56. The summed E-state index contributed by atoms with van der Waals surface area (Å²) in [4.78, 5) is 23.5. The number of methoxy groups -OCH3 is 1. The van der Waals surface area contributed by atoms with Crippen LogP contribution in [0.2, 0.25) is 0 Å². The highest BCUT2D eigenvalue weighted by Gasteiger charge is 2.11. The van der Waals surface area contributed by atoms with Crippen LogP contribution in [0.1, 0.15) is 17.5 Å². The van der Waals surface area contributed by atoms with Crippen LogP contribution in [0.5, 0.6) is 0 Å². The Labute approximate surface area is 172 Å². The fourth-order valence-electron chi connectivity index (χ4n) is 2.32. The summed E-state index contributed by atoms with van der Waals surface area (Å²) < 4.78 is 5.75.